The van der Waals surface area contributed by atoms with E-state index in [0.717, 1.165) is 18.7 Å². The zero-order valence-electron chi connectivity index (χ0n) is 10.9. The second-order valence-corrected chi connectivity index (χ2v) is 4.97. The highest BCUT2D eigenvalue weighted by Crippen LogP contribution is 2.24. The molecule has 0 aromatic heterocycles. The van der Waals surface area contributed by atoms with E-state index in [-0.39, 0.29) is 0 Å². The average Bonchev–Trinajstić information content (AvgIpc) is 2.33. The molecule has 2 heteroatoms. The molecular weight excluding hydrogens is 210 g/mol. The van der Waals surface area contributed by atoms with Gasteiger partial charge >= 0.3 is 0 Å². The van der Waals surface area contributed by atoms with Gasteiger partial charge in [0.25, 0.3) is 0 Å². The van der Waals surface area contributed by atoms with Gasteiger partial charge in [-0.05, 0) is 51.3 Å². The number of aryl methyl sites for hydroxylation is 1. The van der Waals surface area contributed by atoms with Crippen LogP contribution in [0.1, 0.15) is 38.2 Å². The van der Waals surface area contributed by atoms with Crippen molar-refractivity contribution in [3.8, 4) is 5.75 Å². The molecule has 2 rings (SSSR count). The Morgan fingerprint density at radius 3 is 2.71 bits per heavy atom. The van der Waals surface area contributed by atoms with Crippen molar-refractivity contribution in [3.63, 3.8) is 0 Å². The van der Waals surface area contributed by atoms with E-state index in [0.29, 0.717) is 12.1 Å². The first-order valence-corrected chi connectivity index (χ1v) is 6.74. The Hall–Kier alpha value is -1.02. The SMILES string of the molecule is CCNC1CCCC(Oc2ccc(C)cc2)C1. The van der Waals surface area contributed by atoms with Crippen LogP contribution >= 0.6 is 0 Å². The van der Waals surface area contributed by atoms with Crippen LogP contribution in [0.4, 0.5) is 0 Å². The van der Waals surface area contributed by atoms with Crippen molar-refractivity contribution in [2.75, 3.05) is 6.54 Å². The molecule has 1 aromatic carbocycles. The van der Waals surface area contributed by atoms with Gasteiger partial charge < -0.3 is 10.1 Å². The fourth-order valence-corrected chi connectivity index (χ4v) is 2.54. The lowest BCUT2D eigenvalue weighted by molar-refractivity contribution is 0.135. The molecule has 1 aliphatic rings. The topological polar surface area (TPSA) is 21.3 Å². The number of hydrogen-bond donors (Lipinski definition) is 1. The van der Waals surface area contributed by atoms with Crippen molar-refractivity contribution >= 4 is 0 Å². The van der Waals surface area contributed by atoms with E-state index in [1.807, 2.05) is 0 Å². The largest absolute Gasteiger partial charge is 0.490 e. The predicted molar refractivity (Wildman–Crippen MR) is 71.5 cm³/mol. The van der Waals surface area contributed by atoms with Gasteiger partial charge in [-0.3, -0.25) is 0 Å². The molecule has 0 radical (unpaired) electrons. The van der Waals surface area contributed by atoms with Gasteiger partial charge in [-0.15, -0.1) is 0 Å². The van der Waals surface area contributed by atoms with Gasteiger partial charge in [0, 0.05) is 6.04 Å². The van der Waals surface area contributed by atoms with E-state index in [2.05, 4.69) is 43.4 Å². The molecule has 1 aliphatic carbocycles. The molecule has 2 unspecified atom stereocenters. The van der Waals surface area contributed by atoms with Crippen molar-refractivity contribution in [2.45, 2.75) is 51.7 Å². The van der Waals surface area contributed by atoms with Crippen LogP contribution in [0.3, 0.4) is 0 Å². The second kappa shape index (κ2) is 6.06. The predicted octanol–water partition coefficient (Wildman–Crippen LogP) is 3.29. The number of rotatable bonds is 4. The average molecular weight is 233 g/mol. The molecule has 17 heavy (non-hydrogen) atoms. The number of hydrogen-bond acceptors (Lipinski definition) is 2. The minimum atomic E-state index is 0.385. The Bertz CT molecular complexity index is 331. The molecule has 0 spiro atoms. The van der Waals surface area contributed by atoms with E-state index in [1.165, 1.54) is 24.8 Å². The summed E-state index contributed by atoms with van der Waals surface area (Å²) in [5.41, 5.74) is 1.28. The molecule has 0 bridgehead atoms. The Morgan fingerprint density at radius 1 is 1.24 bits per heavy atom. The highest BCUT2D eigenvalue weighted by atomic mass is 16.5. The van der Waals surface area contributed by atoms with Crippen molar-refractivity contribution in [3.05, 3.63) is 29.8 Å². The zero-order chi connectivity index (χ0) is 12.1. The van der Waals surface area contributed by atoms with E-state index < -0.39 is 0 Å². The first kappa shape index (κ1) is 12.4. The lowest BCUT2D eigenvalue weighted by Gasteiger charge is -2.30. The smallest absolute Gasteiger partial charge is 0.119 e. The Kier molecular flexibility index (Phi) is 4.43. The molecule has 1 aromatic rings. The molecule has 2 atom stereocenters. The van der Waals surface area contributed by atoms with Gasteiger partial charge in [0.2, 0.25) is 0 Å². The summed E-state index contributed by atoms with van der Waals surface area (Å²) >= 11 is 0. The van der Waals surface area contributed by atoms with E-state index in [9.17, 15) is 0 Å². The summed E-state index contributed by atoms with van der Waals surface area (Å²) in [4.78, 5) is 0. The summed E-state index contributed by atoms with van der Waals surface area (Å²) in [6, 6.07) is 9.02. The zero-order valence-corrected chi connectivity index (χ0v) is 10.9. The fraction of sp³-hybridized carbons (Fsp3) is 0.600. The highest BCUT2D eigenvalue weighted by Gasteiger charge is 2.22. The molecule has 1 saturated carbocycles. The van der Waals surface area contributed by atoms with Crippen LogP contribution < -0.4 is 10.1 Å². The van der Waals surface area contributed by atoms with Gasteiger partial charge in [0.15, 0.2) is 0 Å². The van der Waals surface area contributed by atoms with Gasteiger partial charge in [-0.1, -0.05) is 24.6 Å². The highest BCUT2D eigenvalue weighted by molar-refractivity contribution is 5.26. The summed E-state index contributed by atoms with van der Waals surface area (Å²) in [5, 5.41) is 3.53. The lowest BCUT2D eigenvalue weighted by atomic mass is 9.93. The van der Waals surface area contributed by atoms with E-state index in [1.54, 1.807) is 0 Å². The van der Waals surface area contributed by atoms with Crippen LogP contribution in [0.25, 0.3) is 0 Å². The normalized spacial score (nSPS) is 24.6. The molecule has 1 fully saturated rings. The molecule has 0 aliphatic heterocycles. The van der Waals surface area contributed by atoms with Gasteiger partial charge in [0.1, 0.15) is 11.9 Å². The molecular formula is C15H23NO. The van der Waals surface area contributed by atoms with Crippen LogP contribution in [0.2, 0.25) is 0 Å². The van der Waals surface area contributed by atoms with Crippen LogP contribution in [-0.4, -0.2) is 18.7 Å². The first-order valence-electron chi connectivity index (χ1n) is 6.74. The maximum absolute atomic E-state index is 6.05. The maximum atomic E-state index is 6.05. The first-order chi connectivity index (χ1) is 8.28. The lowest BCUT2D eigenvalue weighted by Crippen LogP contribution is -2.37. The Morgan fingerprint density at radius 2 is 2.00 bits per heavy atom. The quantitative estimate of drug-likeness (QED) is 0.861. The standard InChI is InChI=1S/C15H23NO/c1-3-16-13-5-4-6-15(11-13)17-14-9-7-12(2)8-10-14/h7-10,13,15-16H,3-6,11H2,1-2H3. The molecule has 0 amide bonds. The van der Waals surface area contributed by atoms with E-state index >= 15 is 0 Å². The third-order valence-electron chi connectivity index (χ3n) is 3.44. The summed E-state index contributed by atoms with van der Waals surface area (Å²) in [6.07, 6.45) is 5.28. The van der Waals surface area contributed by atoms with Crippen molar-refractivity contribution in [2.24, 2.45) is 0 Å². The van der Waals surface area contributed by atoms with E-state index in [4.69, 9.17) is 4.74 Å². The third-order valence-corrected chi connectivity index (χ3v) is 3.44. The minimum Gasteiger partial charge on any atom is -0.490 e. The van der Waals surface area contributed by atoms with Crippen LogP contribution in [-0.2, 0) is 0 Å². The summed E-state index contributed by atoms with van der Waals surface area (Å²) in [6.45, 7) is 5.33. The van der Waals surface area contributed by atoms with Gasteiger partial charge in [-0.2, -0.15) is 0 Å². The van der Waals surface area contributed by atoms with Crippen molar-refractivity contribution in [1.82, 2.24) is 5.32 Å². The van der Waals surface area contributed by atoms with Gasteiger partial charge in [0.05, 0.1) is 0 Å². The van der Waals surface area contributed by atoms with Crippen LogP contribution in [0.15, 0.2) is 24.3 Å². The maximum Gasteiger partial charge on any atom is 0.119 e. The number of benzene rings is 1. The Balaban J connectivity index is 1.87. The van der Waals surface area contributed by atoms with Crippen LogP contribution in [0.5, 0.6) is 5.75 Å². The summed E-state index contributed by atoms with van der Waals surface area (Å²) < 4.78 is 6.05. The monoisotopic (exact) mass is 233 g/mol. The number of nitrogens with one attached hydrogen (secondary N) is 1. The minimum absolute atomic E-state index is 0.385. The molecule has 2 nitrogen and oxygen atoms in total. The number of ether oxygens (including phenoxy) is 1. The molecule has 0 heterocycles. The summed E-state index contributed by atoms with van der Waals surface area (Å²) in [5.74, 6) is 1.01. The van der Waals surface area contributed by atoms with Crippen molar-refractivity contribution in [1.29, 1.82) is 0 Å². The molecule has 94 valence electrons. The second-order valence-electron chi connectivity index (χ2n) is 4.97. The van der Waals surface area contributed by atoms with Crippen molar-refractivity contribution < 1.29 is 4.74 Å². The third kappa shape index (κ3) is 3.74. The molecule has 0 saturated heterocycles. The summed E-state index contributed by atoms with van der Waals surface area (Å²) in [7, 11) is 0. The van der Waals surface area contributed by atoms with Gasteiger partial charge in [-0.25, -0.2) is 0 Å². The fourth-order valence-electron chi connectivity index (χ4n) is 2.54. The van der Waals surface area contributed by atoms with Crippen LogP contribution in [0, 0.1) is 6.92 Å². The molecule has 1 N–H and O–H groups in total. The Labute approximate surface area is 104 Å².